The summed E-state index contributed by atoms with van der Waals surface area (Å²) in [6.45, 7) is 0. The largest absolute Gasteiger partial charge is 0.402 e. The fourth-order valence-corrected chi connectivity index (χ4v) is 3.71. The second-order valence-corrected chi connectivity index (χ2v) is 5.83. The summed E-state index contributed by atoms with van der Waals surface area (Å²) in [5.41, 5.74) is 0. The Balaban J connectivity index is 1.92. The van der Waals surface area contributed by atoms with Crippen molar-refractivity contribution in [3.63, 3.8) is 0 Å². The molecule has 1 aliphatic heterocycles. The molecule has 1 unspecified atom stereocenters. The van der Waals surface area contributed by atoms with Gasteiger partial charge >= 0.3 is 0 Å². The lowest BCUT2D eigenvalue weighted by atomic mass is 10.3. The van der Waals surface area contributed by atoms with Crippen molar-refractivity contribution >= 4 is 25.1 Å². The molecule has 1 N–H and O–H groups in total. The van der Waals surface area contributed by atoms with Crippen LogP contribution in [0, 0.1) is 0 Å². The maximum absolute atomic E-state index is 5.30. The second kappa shape index (κ2) is 5.33. The number of para-hydroxylation sites is 1. The lowest BCUT2D eigenvalue weighted by Crippen LogP contribution is -2.07. The van der Waals surface area contributed by atoms with Crippen molar-refractivity contribution in [2.45, 2.75) is 0 Å². The fraction of sp³-hybridized carbons (Fsp3) is 0. The summed E-state index contributed by atoms with van der Waals surface area (Å²) in [4.78, 5) is 5.30. The van der Waals surface area contributed by atoms with Crippen LogP contribution in [0.5, 0.6) is 5.75 Å². The SMILES string of the molecule is c1ccc(ON[PH]2=NP=NP=N2)cc1. The maximum Gasteiger partial charge on any atom is 0.174 e. The van der Waals surface area contributed by atoms with Gasteiger partial charge in [0.05, 0.1) is 0 Å². The Hall–Kier alpha value is -0.590. The van der Waals surface area contributed by atoms with Crippen molar-refractivity contribution in [2.75, 3.05) is 0 Å². The summed E-state index contributed by atoms with van der Waals surface area (Å²) < 4.78 is 12.2. The molecule has 0 saturated heterocycles. The molecule has 1 aromatic carbocycles. The van der Waals surface area contributed by atoms with Gasteiger partial charge in [-0.2, -0.15) is 13.5 Å². The van der Waals surface area contributed by atoms with Crippen LogP contribution in [-0.2, 0) is 0 Å². The quantitative estimate of drug-likeness (QED) is 0.647. The third kappa shape index (κ3) is 2.97. The Kier molecular flexibility index (Phi) is 3.79. The smallest absolute Gasteiger partial charge is 0.174 e. The van der Waals surface area contributed by atoms with Crippen LogP contribution < -0.4 is 10.1 Å². The Labute approximate surface area is 85.3 Å². The Morgan fingerprint density at radius 2 is 2.07 bits per heavy atom. The van der Waals surface area contributed by atoms with Crippen molar-refractivity contribution in [3.8, 4) is 5.75 Å². The molecule has 0 radical (unpaired) electrons. The lowest BCUT2D eigenvalue weighted by Gasteiger charge is -2.06. The summed E-state index contributed by atoms with van der Waals surface area (Å²) >= 11 is 0. The van der Waals surface area contributed by atoms with Gasteiger partial charge in [-0.25, -0.2) is 0 Å². The number of nitrogens with one attached hydrogen (secondary N) is 1. The molecule has 5 nitrogen and oxygen atoms in total. The molecule has 1 aromatic rings. The van der Waals surface area contributed by atoms with E-state index in [0.717, 1.165) is 22.8 Å². The molecule has 14 heavy (non-hydrogen) atoms. The summed E-state index contributed by atoms with van der Waals surface area (Å²) in [5, 5.41) is 2.83. The summed E-state index contributed by atoms with van der Waals surface area (Å²) in [6, 6.07) is 9.51. The van der Waals surface area contributed by atoms with Crippen molar-refractivity contribution in [1.82, 2.24) is 5.25 Å². The van der Waals surface area contributed by atoms with Gasteiger partial charge in [0.15, 0.2) is 25.1 Å². The molecule has 0 saturated carbocycles. The minimum atomic E-state index is -1.29. The van der Waals surface area contributed by atoms with Gasteiger partial charge in [-0.15, -0.1) is 5.25 Å². The number of nitrogens with zero attached hydrogens (tertiary/aromatic N) is 3. The molecule has 1 atom stereocenters. The van der Waals surface area contributed by atoms with Crippen LogP contribution in [0.25, 0.3) is 0 Å². The monoisotopic (exact) mass is 244 g/mol. The zero-order valence-corrected chi connectivity index (χ0v) is 9.82. The molecule has 1 aliphatic rings. The lowest BCUT2D eigenvalue weighted by molar-refractivity contribution is 0.280. The van der Waals surface area contributed by atoms with E-state index in [1.807, 2.05) is 30.3 Å². The van der Waals surface area contributed by atoms with Crippen molar-refractivity contribution in [1.29, 1.82) is 0 Å². The Morgan fingerprint density at radius 1 is 1.21 bits per heavy atom. The average molecular weight is 244 g/mol. The van der Waals surface area contributed by atoms with Crippen molar-refractivity contribution < 1.29 is 4.84 Å². The molecule has 72 valence electrons. The average Bonchev–Trinajstić information content (AvgIpc) is 2.29. The topological polar surface area (TPSA) is 58.3 Å². The maximum atomic E-state index is 5.30. The summed E-state index contributed by atoms with van der Waals surface area (Å²) in [6.07, 6.45) is 0. The first-order valence-electron chi connectivity index (χ1n) is 3.82. The third-order valence-electron chi connectivity index (χ3n) is 1.36. The van der Waals surface area contributed by atoms with Crippen LogP contribution in [0.4, 0.5) is 0 Å². The standard InChI is InChI=1S/C6H7N4OP3/c1-2-4-6(5-3-1)11-7-14-9-12-8-13-10-14/h1-5,14H,(H,7,8,9,10). The second-order valence-electron chi connectivity index (χ2n) is 2.31. The van der Waals surface area contributed by atoms with Crippen LogP contribution in [0.2, 0.25) is 0 Å². The van der Waals surface area contributed by atoms with E-state index in [4.69, 9.17) is 4.84 Å². The first-order chi connectivity index (χ1) is 6.95. The first-order valence-corrected chi connectivity index (χ1v) is 6.81. The first kappa shape index (κ1) is 9.95. The Bertz CT molecular complexity index is 391. The normalized spacial score (nSPS) is 21.3. The van der Waals surface area contributed by atoms with Crippen LogP contribution >= 0.6 is 25.1 Å². The molecular formula is C6H7N4OP3. The van der Waals surface area contributed by atoms with Gasteiger partial charge in [0.25, 0.3) is 0 Å². The number of benzene rings is 1. The highest BCUT2D eigenvalue weighted by atomic mass is 31.2. The predicted octanol–water partition coefficient (Wildman–Crippen LogP) is 3.90. The highest BCUT2D eigenvalue weighted by Gasteiger charge is 1.96. The third-order valence-corrected chi connectivity index (χ3v) is 4.52. The number of hydrogen-bond donors (Lipinski definition) is 1. The summed E-state index contributed by atoms with van der Waals surface area (Å²) in [5.74, 6) is 0.770. The minimum Gasteiger partial charge on any atom is -0.402 e. The van der Waals surface area contributed by atoms with E-state index < -0.39 is 8.01 Å². The molecule has 2 rings (SSSR count). The fourth-order valence-electron chi connectivity index (χ4n) is 0.797. The van der Waals surface area contributed by atoms with Crippen molar-refractivity contribution in [3.05, 3.63) is 30.3 Å². The van der Waals surface area contributed by atoms with Gasteiger partial charge in [0.1, 0.15) is 5.75 Å². The van der Waals surface area contributed by atoms with E-state index in [2.05, 4.69) is 18.8 Å². The van der Waals surface area contributed by atoms with E-state index >= 15 is 0 Å². The highest BCUT2D eigenvalue weighted by molar-refractivity contribution is 7.57. The minimum absolute atomic E-state index is 0.741. The molecule has 0 fully saturated rings. The van der Waals surface area contributed by atoms with E-state index in [1.165, 1.54) is 0 Å². The van der Waals surface area contributed by atoms with Gasteiger partial charge in [0.2, 0.25) is 0 Å². The van der Waals surface area contributed by atoms with Gasteiger partial charge in [-0.1, -0.05) is 18.2 Å². The zero-order chi connectivity index (χ0) is 9.64. The van der Waals surface area contributed by atoms with Crippen LogP contribution in [0.3, 0.4) is 0 Å². The number of rotatable bonds is 3. The van der Waals surface area contributed by atoms with E-state index in [0.29, 0.717) is 0 Å². The molecule has 1 heterocycles. The Morgan fingerprint density at radius 3 is 2.79 bits per heavy atom. The van der Waals surface area contributed by atoms with Gasteiger partial charge in [0, 0.05) is 0 Å². The van der Waals surface area contributed by atoms with Crippen molar-refractivity contribution in [2.24, 2.45) is 13.5 Å². The van der Waals surface area contributed by atoms with E-state index in [1.54, 1.807) is 0 Å². The molecule has 0 bridgehead atoms. The summed E-state index contributed by atoms with van der Waals surface area (Å²) in [7, 11) is 0.195. The van der Waals surface area contributed by atoms with Crippen LogP contribution in [0.1, 0.15) is 0 Å². The highest BCUT2D eigenvalue weighted by Crippen LogP contribution is 2.37. The van der Waals surface area contributed by atoms with E-state index in [-0.39, 0.29) is 0 Å². The van der Waals surface area contributed by atoms with Gasteiger partial charge < -0.3 is 4.84 Å². The molecule has 0 spiro atoms. The molecule has 0 amide bonds. The van der Waals surface area contributed by atoms with Gasteiger partial charge in [-0.3, -0.25) is 0 Å². The van der Waals surface area contributed by atoms with Crippen LogP contribution in [0.15, 0.2) is 43.9 Å². The molecule has 0 aliphatic carbocycles. The predicted molar refractivity (Wildman–Crippen MR) is 59.6 cm³/mol. The zero-order valence-electron chi connectivity index (χ0n) is 7.03. The van der Waals surface area contributed by atoms with E-state index in [9.17, 15) is 0 Å². The molecule has 0 aromatic heterocycles. The number of hydrogen-bond acceptors (Lipinski definition) is 5. The van der Waals surface area contributed by atoms with Crippen LogP contribution in [-0.4, -0.2) is 0 Å². The van der Waals surface area contributed by atoms with Gasteiger partial charge in [-0.05, 0) is 12.1 Å². The molecule has 8 heteroatoms. The molecular weight excluding hydrogens is 237 g/mol.